The molecule has 0 saturated heterocycles. The molecule has 0 bridgehead atoms. The first-order chi connectivity index (χ1) is 13.5. The van der Waals surface area contributed by atoms with Crippen molar-refractivity contribution in [3.05, 3.63) is 59.4 Å². The maximum Gasteiger partial charge on any atom is 0.335 e. The first kappa shape index (κ1) is 19.3. The summed E-state index contributed by atoms with van der Waals surface area (Å²) in [6.45, 7) is 0.667. The molecule has 2 heterocycles. The Bertz CT molecular complexity index is 885. The van der Waals surface area contributed by atoms with E-state index in [4.69, 9.17) is 4.74 Å². The van der Waals surface area contributed by atoms with Crippen LogP contribution in [0, 0.1) is 0 Å². The van der Waals surface area contributed by atoms with Gasteiger partial charge in [0.2, 0.25) is 5.91 Å². The highest BCUT2D eigenvalue weighted by molar-refractivity contribution is 5.92. The molecule has 0 fully saturated rings. The maximum absolute atomic E-state index is 13.0. The number of aromatic nitrogens is 1. The molecule has 0 radical (unpaired) electrons. The van der Waals surface area contributed by atoms with E-state index in [0.717, 1.165) is 5.56 Å². The molecular weight excluding hydrogens is 362 g/mol. The lowest BCUT2D eigenvalue weighted by Crippen LogP contribution is -2.42. The monoisotopic (exact) mass is 383 g/mol. The Hall–Kier alpha value is -3.42. The third-order valence-electron chi connectivity index (χ3n) is 4.64. The minimum atomic E-state index is -1.04. The number of methoxy groups -OCH3 is 1. The zero-order chi connectivity index (χ0) is 20.1. The molecule has 1 aliphatic rings. The van der Waals surface area contributed by atoms with Crippen LogP contribution in [0.2, 0.25) is 0 Å². The Morgan fingerprint density at radius 3 is 2.86 bits per heavy atom. The molecule has 8 nitrogen and oxygen atoms in total. The van der Waals surface area contributed by atoms with E-state index >= 15 is 0 Å². The van der Waals surface area contributed by atoms with Crippen molar-refractivity contribution in [2.24, 2.45) is 0 Å². The summed E-state index contributed by atoms with van der Waals surface area (Å²) in [6.07, 6.45) is 3.90. The van der Waals surface area contributed by atoms with E-state index in [0.29, 0.717) is 24.2 Å². The number of carboxylic acids is 1. The molecule has 1 aromatic carbocycles. The smallest absolute Gasteiger partial charge is 0.335 e. The normalized spacial score (nSPS) is 16.0. The molecule has 28 heavy (non-hydrogen) atoms. The van der Waals surface area contributed by atoms with E-state index in [9.17, 15) is 19.5 Å². The number of rotatable bonds is 6. The van der Waals surface area contributed by atoms with Gasteiger partial charge in [0.1, 0.15) is 6.04 Å². The first-order valence-corrected chi connectivity index (χ1v) is 8.85. The van der Waals surface area contributed by atoms with Crippen LogP contribution in [0.25, 0.3) is 0 Å². The van der Waals surface area contributed by atoms with Crippen LogP contribution in [0.1, 0.15) is 27.9 Å². The van der Waals surface area contributed by atoms with Gasteiger partial charge in [0.05, 0.1) is 19.1 Å². The van der Waals surface area contributed by atoms with Crippen LogP contribution >= 0.6 is 0 Å². The number of amides is 1. The van der Waals surface area contributed by atoms with Crippen LogP contribution in [0.5, 0.6) is 0 Å². The van der Waals surface area contributed by atoms with Gasteiger partial charge in [-0.1, -0.05) is 6.07 Å². The topological polar surface area (TPSA) is 109 Å². The quantitative estimate of drug-likeness (QED) is 0.731. The fourth-order valence-corrected chi connectivity index (χ4v) is 3.14. The number of anilines is 1. The number of pyridine rings is 1. The average Bonchev–Trinajstić information content (AvgIpc) is 2.83. The van der Waals surface area contributed by atoms with Crippen LogP contribution in [-0.4, -0.2) is 52.5 Å². The second kappa shape index (κ2) is 8.51. The van der Waals surface area contributed by atoms with Gasteiger partial charge in [-0.25, -0.2) is 4.79 Å². The van der Waals surface area contributed by atoms with Gasteiger partial charge >= 0.3 is 11.9 Å². The van der Waals surface area contributed by atoms with Crippen LogP contribution in [-0.2, 0) is 27.3 Å². The summed E-state index contributed by atoms with van der Waals surface area (Å²) in [7, 11) is 1.27. The van der Waals surface area contributed by atoms with Crippen molar-refractivity contribution in [3.63, 3.8) is 0 Å². The summed E-state index contributed by atoms with van der Waals surface area (Å²) >= 11 is 0. The second-order valence-corrected chi connectivity index (χ2v) is 6.53. The van der Waals surface area contributed by atoms with Crippen LogP contribution < -0.4 is 5.32 Å². The highest BCUT2D eigenvalue weighted by Gasteiger charge is 2.31. The van der Waals surface area contributed by atoms with Crippen molar-refractivity contribution in [2.75, 3.05) is 19.0 Å². The van der Waals surface area contributed by atoms with Gasteiger partial charge in [-0.3, -0.25) is 14.6 Å². The van der Waals surface area contributed by atoms with E-state index in [1.807, 2.05) is 12.1 Å². The number of nitrogens with one attached hydrogen (secondary N) is 1. The number of hydrogen-bond donors (Lipinski definition) is 2. The largest absolute Gasteiger partial charge is 0.478 e. The molecule has 0 unspecified atom stereocenters. The summed E-state index contributed by atoms with van der Waals surface area (Å²) in [5.74, 6) is -1.77. The lowest BCUT2D eigenvalue weighted by molar-refractivity contribution is -0.144. The predicted octanol–water partition coefficient (Wildman–Crippen LogP) is 1.71. The van der Waals surface area contributed by atoms with Crippen molar-refractivity contribution in [3.8, 4) is 0 Å². The standard InChI is InChI=1S/C20H21N3O5/c1-28-18(24)10-17-19(25)23(8-6-13-3-2-7-21-11-13)12-15-9-14(20(26)27)4-5-16(15)22-17/h2-5,7,9,11,17,22H,6,8,10,12H2,1H3,(H,26,27)/t17-/m0/s1. The number of carboxylic acid groups (broad SMARTS) is 1. The molecule has 1 amide bonds. The lowest BCUT2D eigenvalue weighted by atomic mass is 10.1. The number of carbonyl (C=O) groups excluding carboxylic acids is 2. The van der Waals surface area contributed by atoms with Crippen molar-refractivity contribution >= 4 is 23.5 Å². The average molecular weight is 383 g/mol. The predicted molar refractivity (Wildman–Crippen MR) is 101 cm³/mol. The van der Waals surface area contributed by atoms with Crippen molar-refractivity contribution in [2.45, 2.75) is 25.4 Å². The molecule has 2 N–H and O–H groups in total. The van der Waals surface area contributed by atoms with Gasteiger partial charge in [0.15, 0.2) is 0 Å². The number of esters is 1. The minimum Gasteiger partial charge on any atom is -0.478 e. The maximum atomic E-state index is 13.0. The van der Waals surface area contributed by atoms with Crippen LogP contribution in [0.4, 0.5) is 5.69 Å². The Labute approximate surface area is 162 Å². The van der Waals surface area contributed by atoms with Crippen molar-refractivity contribution in [1.82, 2.24) is 9.88 Å². The van der Waals surface area contributed by atoms with E-state index < -0.39 is 18.0 Å². The van der Waals surface area contributed by atoms with E-state index in [1.165, 1.54) is 13.2 Å². The number of ether oxygens (including phenoxy) is 1. The van der Waals surface area contributed by atoms with Crippen molar-refractivity contribution < 1.29 is 24.2 Å². The highest BCUT2D eigenvalue weighted by Crippen LogP contribution is 2.26. The molecule has 2 aromatic rings. The SMILES string of the molecule is COC(=O)C[C@@H]1Nc2ccc(C(=O)O)cc2CN(CCc2cccnc2)C1=O. The van der Waals surface area contributed by atoms with Gasteiger partial charge in [-0.2, -0.15) is 0 Å². The Kier molecular flexibility index (Phi) is 5.88. The lowest BCUT2D eigenvalue weighted by Gasteiger charge is -2.24. The summed E-state index contributed by atoms with van der Waals surface area (Å²) < 4.78 is 4.71. The number of fused-ring (bicyclic) bond motifs is 1. The fraction of sp³-hybridized carbons (Fsp3) is 0.300. The summed E-state index contributed by atoms with van der Waals surface area (Å²) in [6, 6.07) is 7.62. The molecule has 0 aliphatic carbocycles. The molecule has 0 saturated carbocycles. The second-order valence-electron chi connectivity index (χ2n) is 6.53. The Morgan fingerprint density at radius 1 is 1.36 bits per heavy atom. The zero-order valence-electron chi connectivity index (χ0n) is 15.4. The fourth-order valence-electron chi connectivity index (χ4n) is 3.14. The molecule has 1 atom stereocenters. The Balaban J connectivity index is 1.88. The van der Waals surface area contributed by atoms with Crippen LogP contribution in [0.15, 0.2) is 42.7 Å². The van der Waals surface area contributed by atoms with E-state index in [2.05, 4.69) is 10.3 Å². The van der Waals surface area contributed by atoms with Gasteiger partial charge in [0, 0.05) is 31.2 Å². The molecular formula is C20H21N3O5. The number of aromatic carboxylic acids is 1. The highest BCUT2D eigenvalue weighted by atomic mass is 16.5. The third kappa shape index (κ3) is 4.46. The molecule has 1 aliphatic heterocycles. The Morgan fingerprint density at radius 2 is 2.18 bits per heavy atom. The minimum absolute atomic E-state index is 0.112. The van der Waals surface area contributed by atoms with E-state index in [1.54, 1.807) is 29.4 Å². The molecule has 0 spiro atoms. The summed E-state index contributed by atoms with van der Waals surface area (Å²) in [4.78, 5) is 41.8. The van der Waals surface area contributed by atoms with Crippen LogP contribution in [0.3, 0.4) is 0 Å². The zero-order valence-corrected chi connectivity index (χ0v) is 15.4. The summed E-state index contributed by atoms with van der Waals surface area (Å²) in [5, 5.41) is 12.3. The van der Waals surface area contributed by atoms with Gasteiger partial charge in [-0.15, -0.1) is 0 Å². The number of hydrogen-bond acceptors (Lipinski definition) is 6. The van der Waals surface area contributed by atoms with Gasteiger partial charge < -0.3 is 20.1 Å². The third-order valence-corrected chi connectivity index (χ3v) is 4.64. The number of carbonyl (C=O) groups is 3. The molecule has 146 valence electrons. The number of nitrogens with zero attached hydrogens (tertiary/aromatic N) is 2. The summed E-state index contributed by atoms with van der Waals surface area (Å²) in [5.41, 5.74) is 2.45. The van der Waals surface area contributed by atoms with Gasteiger partial charge in [-0.05, 0) is 41.8 Å². The first-order valence-electron chi connectivity index (χ1n) is 8.85. The molecule has 8 heteroatoms. The van der Waals surface area contributed by atoms with Crippen molar-refractivity contribution in [1.29, 1.82) is 0 Å². The molecule has 1 aromatic heterocycles. The number of benzene rings is 1. The van der Waals surface area contributed by atoms with Gasteiger partial charge in [0.25, 0.3) is 0 Å². The molecule has 3 rings (SSSR count). The van der Waals surface area contributed by atoms with E-state index in [-0.39, 0.29) is 24.4 Å².